The Kier molecular flexibility index (Phi) is 5.69. The number of anilines is 1. The van der Waals surface area contributed by atoms with Crippen molar-refractivity contribution in [1.29, 1.82) is 0 Å². The molecule has 2 fully saturated rings. The van der Waals surface area contributed by atoms with Crippen molar-refractivity contribution in [2.75, 3.05) is 25.0 Å². The number of rotatable bonds is 5. The van der Waals surface area contributed by atoms with Crippen LogP contribution in [-0.2, 0) is 4.79 Å². The lowest BCUT2D eigenvalue weighted by Crippen LogP contribution is -2.47. The van der Waals surface area contributed by atoms with Crippen LogP contribution in [0.2, 0.25) is 0 Å². The normalized spacial score (nSPS) is 23.2. The zero-order chi connectivity index (χ0) is 19.5. The van der Waals surface area contributed by atoms with Crippen LogP contribution in [0.3, 0.4) is 0 Å². The van der Waals surface area contributed by atoms with E-state index in [0.29, 0.717) is 5.56 Å². The highest BCUT2D eigenvalue weighted by molar-refractivity contribution is 7.99. The summed E-state index contributed by atoms with van der Waals surface area (Å²) in [5.74, 6) is 0.650. The molecule has 0 spiro atoms. The number of fused-ring (bicyclic) bond motifs is 2. The fourth-order valence-electron chi connectivity index (χ4n) is 4.08. The van der Waals surface area contributed by atoms with Crippen molar-refractivity contribution >= 4 is 29.3 Å². The van der Waals surface area contributed by atoms with Crippen molar-refractivity contribution in [2.24, 2.45) is 5.92 Å². The van der Waals surface area contributed by atoms with Gasteiger partial charge >= 0.3 is 0 Å². The molecule has 2 aliphatic rings. The van der Waals surface area contributed by atoms with Gasteiger partial charge in [-0.25, -0.2) is 0 Å². The molecule has 2 bridgehead atoms. The van der Waals surface area contributed by atoms with E-state index in [1.807, 2.05) is 48.5 Å². The molecule has 2 aromatic carbocycles. The average Bonchev–Trinajstić information content (AvgIpc) is 3.02. The van der Waals surface area contributed by atoms with Gasteiger partial charge < -0.3 is 15.5 Å². The maximum absolute atomic E-state index is 12.6. The molecule has 3 unspecified atom stereocenters. The number of para-hydroxylation sites is 1. The molecule has 6 heteroatoms. The molecule has 0 radical (unpaired) electrons. The molecule has 0 saturated carbocycles. The maximum atomic E-state index is 12.6. The number of hydrogen-bond donors (Lipinski definition) is 2. The highest BCUT2D eigenvalue weighted by atomic mass is 32.2. The number of hydrogen-bond acceptors (Lipinski definition) is 4. The van der Waals surface area contributed by atoms with Crippen molar-refractivity contribution in [3.8, 4) is 0 Å². The second-order valence-electron chi connectivity index (χ2n) is 7.62. The van der Waals surface area contributed by atoms with Crippen molar-refractivity contribution < 1.29 is 9.59 Å². The Morgan fingerprint density at radius 2 is 1.86 bits per heavy atom. The lowest BCUT2D eigenvalue weighted by atomic mass is 9.96. The largest absolute Gasteiger partial charge is 0.348 e. The van der Waals surface area contributed by atoms with Gasteiger partial charge in [0.2, 0.25) is 5.91 Å². The summed E-state index contributed by atoms with van der Waals surface area (Å²) in [5.41, 5.74) is 1.48. The summed E-state index contributed by atoms with van der Waals surface area (Å²) in [7, 11) is 0. The van der Waals surface area contributed by atoms with E-state index in [4.69, 9.17) is 0 Å². The topological polar surface area (TPSA) is 61.4 Å². The van der Waals surface area contributed by atoms with Crippen LogP contribution in [0.25, 0.3) is 0 Å². The van der Waals surface area contributed by atoms with Crippen LogP contribution in [-0.4, -0.2) is 42.4 Å². The van der Waals surface area contributed by atoms with Gasteiger partial charge in [0.15, 0.2) is 0 Å². The van der Waals surface area contributed by atoms with E-state index in [-0.39, 0.29) is 17.9 Å². The fraction of sp³-hybridized carbons (Fsp3) is 0.364. The van der Waals surface area contributed by atoms with Gasteiger partial charge in [-0.3, -0.25) is 9.59 Å². The van der Waals surface area contributed by atoms with E-state index < -0.39 is 0 Å². The SMILES string of the molecule is CC(=O)Nc1ccccc1Sc1ccc(C(=O)NC2CC3CCN(C3)C2)cc1. The molecule has 5 nitrogen and oxygen atoms in total. The number of nitrogens with one attached hydrogen (secondary N) is 2. The Bertz CT molecular complexity index is 856. The molecular formula is C22H25N3O2S. The molecule has 2 N–H and O–H groups in total. The molecule has 2 heterocycles. The van der Waals surface area contributed by atoms with Crippen LogP contribution in [0.5, 0.6) is 0 Å². The van der Waals surface area contributed by atoms with Crippen LogP contribution in [0, 0.1) is 5.92 Å². The zero-order valence-electron chi connectivity index (χ0n) is 16.0. The van der Waals surface area contributed by atoms with Crippen LogP contribution in [0.1, 0.15) is 30.1 Å². The van der Waals surface area contributed by atoms with Gasteiger partial charge in [0, 0.05) is 41.4 Å². The van der Waals surface area contributed by atoms with Gasteiger partial charge in [-0.1, -0.05) is 23.9 Å². The molecule has 2 aromatic rings. The molecule has 28 heavy (non-hydrogen) atoms. The molecule has 2 aliphatic heterocycles. The fourth-order valence-corrected chi connectivity index (χ4v) is 4.98. The molecule has 146 valence electrons. The molecular weight excluding hydrogens is 370 g/mol. The number of carbonyl (C=O) groups excluding carboxylic acids is 2. The monoisotopic (exact) mass is 395 g/mol. The Morgan fingerprint density at radius 3 is 2.61 bits per heavy atom. The van der Waals surface area contributed by atoms with E-state index in [0.717, 1.165) is 34.4 Å². The first-order valence-electron chi connectivity index (χ1n) is 9.74. The van der Waals surface area contributed by atoms with E-state index in [2.05, 4.69) is 15.5 Å². The summed E-state index contributed by atoms with van der Waals surface area (Å²) in [6.45, 7) is 4.83. The van der Waals surface area contributed by atoms with E-state index in [9.17, 15) is 9.59 Å². The lowest BCUT2D eigenvalue weighted by molar-refractivity contribution is -0.114. The van der Waals surface area contributed by atoms with E-state index >= 15 is 0 Å². The third-order valence-corrected chi connectivity index (χ3v) is 6.43. The molecule has 0 aliphatic carbocycles. The maximum Gasteiger partial charge on any atom is 0.251 e. The van der Waals surface area contributed by atoms with Gasteiger partial charge in [-0.05, 0) is 61.7 Å². The van der Waals surface area contributed by atoms with Crippen LogP contribution >= 0.6 is 11.8 Å². The van der Waals surface area contributed by atoms with Crippen LogP contribution in [0.15, 0.2) is 58.3 Å². The first kappa shape index (κ1) is 19.0. The Hall–Kier alpha value is -2.31. The Balaban J connectivity index is 1.39. The molecule has 2 saturated heterocycles. The quantitative estimate of drug-likeness (QED) is 0.812. The average molecular weight is 396 g/mol. The number of amides is 2. The number of nitrogens with zero attached hydrogens (tertiary/aromatic N) is 1. The van der Waals surface area contributed by atoms with Crippen molar-refractivity contribution in [3.63, 3.8) is 0 Å². The van der Waals surface area contributed by atoms with Gasteiger partial charge in [0.25, 0.3) is 5.91 Å². The van der Waals surface area contributed by atoms with Gasteiger partial charge in [-0.2, -0.15) is 0 Å². The first-order chi connectivity index (χ1) is 13.6. The van der Waals surface area contributed by atoms with Gasteiger partial charge in [0.05, 0.1) is 5.69 Å². The Labute approximate surface area is 169 Å². The minimum absolute atomic E-state index is 0.00250. The van der Waals surface area contributed by atoms with Crippen molar-refractivity contribution in [2.45, 2.75) is 35.6 Å². The highest BCUT2D eigenvalue weighted by Gasteiger charge is 2.32. The second-order valence-corrected chi connectivity index (χ2v) is 8.74. The second kappa shape index (κ2) is 8.37. The van der Waals surface area contributed by atoms with Crippen LogP contribution < -0.4 is 10.6 Å². The lowest BCUT2D eigenvalue weighted by Gasteiger charge is -2.30. The summed E-state index contributed by atoms with van der Waals surface area (Å²) in [6, 6.07) is 15.6. The first-order valence-corrected chi connectivity index (χ1v) is 10.6. The smallest absolute Gasteiger partial charge is 0.251 e. The van der Waals surface area contributed by atoms with Gasteiger partial charge in [0.1, 0.15) is 0 Å². The minimum atomic E-state index is -0.0902. The summed E-state index contributed by atoms with van der Waals surface area (Å²) in [5, 5.41) is 6.05. The van der Waals surface area contributed by atoms with Crippen molar-refractivity contribution in [3.05, 3.63) is 54.1 Å². The number of piperidine rings is 1. The highest BCUT2D eigenvalue weighted by Crippen LogP contribution is 2.33. The Morgan fingerprint density at radius 1 is 1.07 bits per heavy atom. The van der Waals surface area contributed by atoms with E-state index in [1.54, 1.807) is 11.8 Å². The predicted octanol–water partition coefficient (Wildman–Crippen LogP) is 3.62. The summed E-state index contributed by atoms with van der Waals surface area (Å²) < 4.78 is 0. The zero-order valence-corrected chi connectivity index (χ0v) is 16.8. The molecule has 2 amide bonds. The summed E-state index contributed by atoms with van der Waals surface area (Å²) in [4.78, 5) is 28.4. The standard InChI is InChI=1S/C22H25N3O2S/c1-15(26)23-20-4-2-3-5-21(20)28-19-8-6-17(7-9-19)22(27)24-18-12-16-10-11-25(13-16)14-18/h2-9,16,18H,10-14H2,1H3,(H,23,26)(H,24,27). The number of carbonyl (C=O) groups is 2. The predicted molar refractivity (Wildman–Crippen MR) is 112 cm³/mol. The molecule has 4 rings (SSSR count). The van der Waals surface area contributed by atoms with Gasteiger partial charge in [-0.15, -0.1) is 0 Å². The summed E-state index contributed by atoms with van der Waals surface area (Å²) >= 11 is 1.57. The van der Waals surface area contributed by atoms with E-state index in [1.165, 1.54) is 26.4 Å². The van der Waals surface area contributed by atoms with Crippen molar-refractivity contribution in [1.82, 2.24) is 10.2 Å². The third kappa shape index (κ3) is 4.56. The number of benzene rings is 2. The molecule has 3 atom stereocenters. The minimum Gasteiger partial charge on any atom is -0.348 e. The third-order valence-electron chi connectivity index (χ3n) is 5.34. The molecule has 0 aromatic heterocycles. The summed E-state index contributed by atoms with van der Waals surface area (Å²) in [6.07, 6.45) is 2.36. The van der Waals surface area contributed by atoms with Crippen LogP contribution in [0.4, 0.5) is 5.69 Å².